The Hall–Kier alpha value is -2.29. The third-order valence-electron chi connectivity index (χ3n) is 3.30. The van der Waals surface area contributed by atoms with E-state index in [2.05, 4.69) is 20.3 Å². The van der Waals surface area contributed by atoms with Gasteiger partial charge in [-0.15, -0.1) is 11.3 Å². The van der Waals surface area contributed by atoms with E-state index in [0.29, 0.717) is 24.0 Å². The summed E-state index contributed by atoms with van der Waals surface area (Å²) in [6.07, 6.45) is 1.33. The molecule has 2 heterocycles. The van der Waals surface area contributed by atoms with Crippen molar-refractivity contribution >= 4 is 33.8 Å². The van der Waals surface area contributed by atoms with Crippen molar-refractivity contribution < 1.29 is 4.92 Å². The van der Waals surface area contributed by atoms with Gasteiger partial charge in [0.2, 0.25) is 11.6 Å². The number of nitrogens with one attached hydrogen (secondary N) is 1. The molecule has 0 amide bonds. The first-order chi connectivity index (χ1) is 10.5. The number of rotatable bonds is 6. The summed E-state index contributed by atoms with van der Waals surface area (Å²) in [7, 11) is 0. The van der Waals surface area contributed by atoms with Crippen LogP contribution in [-0.2, 0) is 0 Å². The molecule has 0 bridgehead atoms. The highest BCUT2D eigenvalue weighted by atomic mass is 32.1. The van der Waals surface area contributed by atoms with Gasteiger partial charge in [0.1, 0.15) is 6.33 Å². The minimum absolute atomic E-state index is 0.128. The predicted molar refractivity (Wildman–Crippen MR) is 87.1 cm³/mol. The average molecular weight is 322 g/mol. The van der Waals surface area contributed by atoms with Crippen LogP contribution in [0, 0.1) is 24.0 Å². The van der Waals surface area contributed by atoms with Gasteiger partial charge in [-0.1, -0.05) is 0 Å². The fourth-order valence-electron chi connectivity index (χ4n) is 2.01. The number of thiazole rings is 1. The van der Waals surface area contributed by atoms with E-state index in [-0.39, 0.29) is 11.5 Å². The molecule has 1 N–H and O–H groups in total. The van der Waals surface area contributed by atoms with Crippen LogP contribution in [0.25, 0.3) is 0 Å². The first-order valence-electron chi connectivity index (χ1n) is 6.93. The van der Waals surface area contributed by atoms with Crippen molar-refractivity contribution in [2.24, 2.45) is 0 Å². The summed E-state index contributed by atoms with van der Waals surface area (Å²) in [5, 5.41) is 15.0. The van der Waals surface area contributed by atoms with E-state index in [1.165, 1.54) is 17.7 Å². The van der Waals surface area contributed by atoms with Crippen molar-refractivity contribution in [2.75, 3.05) is 23.3 Å². The lowest BCUT2D eigenvalue weighted by Gasteiger charge is -2.19. The largest absolute Gasteiger partial charge is 0.353 e. The Bertz CT molecular complexity index is 664. The van der Waals surface area contributed by atoms with Gasteiger partial charge in [0, 0.05) is 18.0 Å². The molecule has 2 aromatic heterocycles. The standard InChI is InChI=1S/C13H18N6O2S/c1-5-18(6-2)12-10(19(20)21)11(14-7-15-12)17-13-16-8(3)9(4)22-13/h7H,5-6H2,1-4H3,(H,14,15,16,17). The van der Waals surface area contributed by atoms with Crippen molar-refractivity contribution in [1.29, 1.82) is 0 Å². The Morgan fingerprint density at radius 1 is 1.32 bits per heavy atom. The molecule has 2 rings (SSSR count). The van der Waals surface area contributed by atoms with E-state index in [1.807, 2.05) is 32.6 Å². The molecule has 0 aliphatic heterocycles. The Kier molecular flexibility index (Phi) is 4.86. The van der Waals surface area contributed by atoms with Crippen LogP contribution in [0.3, 0.4) is 0 Å². The molecule has 0 spiro atoms. The molecule has 0 aliphatic carbocycles. The summed E-state index contributed by atoms with van der Waals surface area (Å²) in [4.78, 5) is 26.3. The van der Waals surface area contributed by atoms with Crippen molar-refractivity contribution in [3.05, 3.63) is 27.0 Å². The highest BCUT2D eigenvalue weighted by Crippen LogP contribution is 2.34. The van der Waals surface area contributed by atoms with Crippen LogP contribution in [0.5, 0.6) is 0 Å². The molecule has 118 valence electrons. The zero-order valence-corrected chi connectivity index (χ0v) is 13.8. The molecule has 8 nitrogen and oxygen atoms in total. The molecule has 0 aromatic carbocycles. The Balaban J connectivity index is 2.46. The molecular weight excluding hydrogens is 304 g/mol. The lowest BCUT2D eigenvalue weighted by molar-refractivity contribution is -0.383. The van der Waals surface area contributed by atoms with Crippen molar-refractivity contribution in [3.8, 4) is 0 Å². The minimum Gasteiger partial charge on any atom is -0.351 e. The van der Waals surface area contributed by atoms with Gasteiger partial charge < -0.3 is 10.2 Å². The van der Waals surface area contributed by atoms with Crippen LogP contribution in [0.1, 0.15) is 24.4 Å². The number of hydrogen-bond acceptors (Lipinski definition) is 8. The second kappa shape index (κ2) is 6.65. The number of aryl methyl sites for hydroxylation is 2. The highest BCUT2D eigenvalue weighted by molar-refractivity contribution is 7.15. The smallest absolute Gasteiger partial charge is 0.351 e. The maximum Gasteiger partial charge on any atom is 0.353 e. The zero-order valence-electron chi connectivity index (χ0n) is 13.0. The van der Waals surface area contributed by atoms with E-state index in [1.54, 1.807) is 0 Å². The number of anilines is 3. The van der Waals surface area contributed by atoms with Gasteiger partial charge in [-0.25, -0.2) is 15.0 Å². The van der Waals surface area contributed by atoms with Crippen molar-refractivity contribution in [3.63, 3.8) is 0 Å². The van der Waals surface area contributed by atoms with E-state index in [4.69, 9.17) is 0 Å². The van der Waals surface area contributed by atoms with Gasteiger partial charge in [0.05, 0.1) is 10.6 Å². The van der Waals surface area contributed by atoms with Gasteiger partial charge in [-0.05, 0) is 27.7 Å². The summed E-state index contributed by atoms with van der Waals surface area (Å²) in [6, 6.07) is 0. The summed E-state index contributed by atoms with van der Waals surface area (Å²) in [5.74, 6) is 0.480. The molecule has 0 unspecified atom stereocenters. The number of nitrogens with zero attached hydrogens (tertiary/aromatic N) is 5. The summed E-state index contributed by atoms with van der Waals surface area (Å²) in [5.41, 5.74) is 0.768. The van der Waals surface area contributed by atoms with Crippen molar-refractivity contribution in [2.45, 2.75) is 27.7 Å². The van der Waals surface area contributed by atoms with Crippen LogP contribution in [-0.4, -0.2) is 33.0 Å². The fourth-order valence-corrected chi connectivity index (χ4v) is 2.82. The van der Waals surface area contributed by atoms with Crippen LogP contribution in [0.4, 0.5) is 22.5 Å². The summed E-state index contributed by atoms with van der Waals surface area (Å²) >= 11 is 1.44. The molecular formula is C13H18N6O2S. The van der Waals surface area contributed by atoms with Crippen LogP contribution in [0.2, 0.25) is 0 Å². The van der Waals surface area contributed by atoms with Crippen LogP contribution in [0.15, 0.2) is 6.33 Å². The highest BCUT2D eigenvalue weighted by Gasteiger charge is 2.26. The second-order valence-electron chi connectivity index (χ2n) is 4.61. The molecule has 2 aromatic rings. The lowest BCUT2D eigenvalue weighted by atomic mass is 10.3. The fraction of sp³-hybridized carbons (Fsp3) is 0.462. The number of nitro groups is 1. The normalized spacial score (nSPS) is 10.5. The molecule has 0 radical (unpaired) electrons. The predicted octanol–water partition coefficient (Wildman–Crippen LogP) is 3.05. The van der Waals surface area contributed by atoms with Crippen LogP contribution < -0.4 is 10.2 Å². The maximum atomic E-state index is 11.5. The van der Waals surface area contributed by atoms with Gasteiger partial charge >= 0.3 is 5.69 Å². The minimum atomic E-state index is -0.455. The topological polar surface area (TPSA) is 97.1 Å². The quantitative estimate of drug-likeness (QED) is 0.644. The summed E-state index contributed by atoms with van der Waals surface area (Å²) < 4.78 is 0. The maximum absolute atomic E-state index is 11.5. The zero-order chi connectivity index (χ0) is 16.3. The third kappa shape index (κ3) is 3.14. The van der Waals surface area contributed by atoms with Gasteiger partial charge in [-0.2, -0.15) is 0 Å². The van der Waals surface area contributed by atoms with E-state index >= 15 is 0 Å². The average Bonchev–Trinajstić information content (AvgIpc) is 2.78. The van der Waals surface area contributed by atoms with E-state index < -0.39 is 4.92 Å². The molecule has 0 atom stereocenters. The molecule has 9 heteroatoms. The van der Waals surface area contributed by atoms with Gasteiger partial charge in [-0.3, -0.25) is 10.1 Å². The monoisotopic (exact) mass is 322 g/mol. The first-order valence-corrected chi connectivity index (χ1v) is 7.74. The Labute approximate surface area is 132 Å². The Morgan fingerprint density at radius 3 is 2.50 bits per heavy atom. The van der Waals surface area contributed by atoms with E-state index in [9.17, 15) is 10.1 Å². The molecule has 0 saturated carbocycles. The Morgan fingerprint density at radius 2 is 2.00 bits per heavy atom. The molecule has 0 saturated heterocycles. The molecule has 0 fully saturated rings. The summed E-state index contributed by atoms with van der Waals surface area (Å²) in [6.45, 7) is 8.96. The van der Waals surface area contributed by atoms with Crippen LogP contribution >= 0.6 is 11.3 Å². The lowest BCUT2D eigenvalue weighted by Crippen LogP contribution is -2.24. The first kappa shape index (κ1) is 16.1. The number of hydrogen-bond donors (Lipinski definition) is 1. The number of aromatic nitrogens is 3. The molecule has 0 aliphatic rings. The third-order valence-corrected chi connectivity index (χ3v) is 4.29. The van der Waals surface area contributed by atoms with E-state index in [0.717, 1.165) is 10.6 Å². The van der Waals surface area contributed by atoms with Crippen molar-refractivity contribution in [1.82, 2.24) is 15.0 Å². The van der Waals surface area contributed by atoms with Gasteiger partial charge in [0.15, 0.2) is 5.13 Å². The van der Waals surface area contributed by atoms with Gasteiger partial charge in [0.25, 0.3) is 0 Å². The molecule has 22 heavy (non-hydrogen) atoms. The SMILES string of the molecule is CCN(CC)c1ncnc(Nc2nc(C)c(C)s2)c1[N+](=O)[O-]. The second-order valence-corrected chi connectivity index (χ2v) is 5.81.